The average Bonchev–Trinajstić information content (AvgIpc) is 3.29. The van der Waals surface area contributed by atoms with Gasteiger partial charge in [-0.2, -0.15) is 0 Å². The number of ketones is 1. The molecule has 1 spiro atoms. The molecule has 0 aromatic rings. The van der Waals surface area contributed by atoms with E-state index in [4.69, 9.17) is 4.74 Å². The molecule has 0 aromatic heterocycles. The van der Waals surface area contributed by atoms with E-state index in [1.54, 1.807) is 0 Å². The first-order valence-corrected chi connectivity index (χ1v) is 7.62. The van der Waals surface area contributed by atoms with Gasteiger partial charge in [-0.15, -0.1) is 0 Å². The van der Waals surface area contributed by atoms with E-state index in [0.717, 1.165) is 38.2 Å². The SMILES string of the molecule is C=CC(=O)OC(=O)C1=C(C(=O)CC2CO2)C2(CCCCC2)N1. The van der Waals surface area contributed by atoms with Gasteiger partial charge in [0.05, 0.1) is 23.8 Å². The van der Waals surface area contributed by atoms with Crippen molar-refractivity contribution in [2.24, 2.45) is 0 Å². The van der Waals surface area contributed by atoms with Crippen molar-refractivity contribution in [2.45, 2.75) is 50.2 Å². The van der Waals surface area contributed by atoms with Crippen molar-refractivity contribution in [3.8, 4) is 0 Å². The molecule has 1 saturated heterocycles. The molecule has 1 saturated carbocycles. The van der Waals surface area contributed by atoms with Crippen LogP contribution in [0, 0.1) is 0 Å². The van der Waals surface area contributed by atoms with Crippen molar-refractivity contribution in [2.75, 3.05) is 6.61 Å². The van der Waals surface area contributed by atoms with Crippen LogP contribution in [0.2, 0.25) is 0 Å². The summed E-state index contributed by atoms with van der Waals surface area (Å²) in [6, 6.07) is 0. The Hall–Kier alpha value is -1.95. The molecule has 0 bridgehead atoms. The lowest BCUT2D eigenvalue weighted by atomic mass is 9.68. The van der Waals surface area contributed by atoms with E-state index in [0.29, 0.717) is 12.2 Å². The number of carbonyl (C=O) groups is 3. The number of nitrogens with one attached hydrogen (secondary N) is 1. The number of epoxide rings is 1. The van der Waals surface area contributed by atoms with Crippen molar-refractivity contribution in [3.63, 3.8) is 0 Å². The molecule has 0 aromatic carbocycles. The molecule has 1 unspecified atom stereocenters. The lowest BCUT2D eigenvalue weighted by molar-refractivity contribution is -0.154. The summed E-state index contributed by atoms with van der Waals surface area (Å²) in [6.45, 7) is 3.85. The lowest BCUT2D eigenvalue weighted by Gasteiger charge is -2.48. The van der Waals surface area contributed by atoms with Gasteiger partial charge in [0.2, 0.25) is 0 Å². The molecule has 1 N–H and O–H groups in total. The maximum Gasteiger partial charge on any atom is 0.362 e. The molecule has 118 valence electrons. The Morgan fingerprint density at radius 3 is 2.59 bits per heavy atom. The molecule has 2 aliphatic heterocycles. The fourth-order valence-corrected chi connectivity index (χ4v) is 3.31. The number of Topliss-reactive ketones (excluding diaryl/α,β-unsaturated/α-hetero) is 1. The van der Waals surface area contributed by atoms with Crippen molar-refractivity contribution < 1.29 is 23.9 Å². The highest BCUT2D eigenvalue weighted by Gasteiger charge is 2.51. The Labute approximate surface area is 128 Å². The zero-order chi connectivity index (χ0) is 15.7. The molecule has 22 heavy (non-hydrogen) atoms. The minimum atomic E-state index is -0.818. The lowest BCUT2D eigenvalue weighted by Crippen LogP contribution is -2.61. The number of ether oxygens (including phenoxy) is 2. The van der Waals surface area contributed by atoms with Gasteiger partial charge in [-0.25, -0.2) is 9.59 Å². The van der Waals surface area contributed by atoms with Crippen LogP contribution < -0.4 is 5.32 Å². The van der Waals surface area contributed by atoms with Crippen molar-refractivity contribution in [1.29, 1.82) is 0 Å². The van der Waals surface area contributed by atoms with E-state index in [9.17, 15) is 14.4 Å². The predicted octanol–water partition coefficient (Wildman–Crippen LogP) is 1.16. The third-order valence-corrected chi connectivity index (χ3v) is 4.46. The summed E-state index contributed by atoms with van der Waals surface area (Å²) in [5.41, 5.74) is 0.197. The van der Waals surface area contributed by atoms with Crippen LogP contribution in [0.5, 0.6) is 0 Å². The van der Waals surface area contributed by atoms with Gasteiger partial charge in [0.15, 0.2) is 5.78 Å². The minimum Gasteiger partial charge on any atom is -0.385 e. The summed E-state index contributed by atoms with van der Waals surface area (Å²) in [5.74, 6) is -1.71. The van der Waals surface area contributed by atoms with Gasteiger partial charge in [-0.3, -0.25) is 4.79 Å². The highest BCUT2D eigenvalue weighted by atomic mass is 16.6. The van der Waals surface area contributed by atoms with E-state index in [-0.39, 0.29) is 24.0 Å². The van der Waals surface area contributed by atoms with Crippen LogP contribution in [-0.2, 0) is 23.9 Å². The summed E-state index contributed by atoms with van der Waals surface area (Å²) < 4.78 is 9.74. The van der Waals surface area contributed by atoms with E-state index in [1.165, 1.54) is 0 Å². The summed E-state index contributed by atoms with van der Waals surface area (Å²) >= 11 is 0. The van der Waals surface area contributed by atoms with E-state index in [2.05, 4.69) is 16.6 Å². The third-order valence-electron chi connectivity index (χ3n) is 4.46. The van der Waals surface area contributed by atoms with Crippen LogP contribution in [0.1, 0.15) is 38.5 Å². The molecule has 1 atom stereocenters. The van der Waals surface area contributed by atoms with Crippen LogP contribution in [0.15, 0.2) is 23.9 Å². The molecular formula is C16H19NO5. The van der Waals surface area contributed by atoms with E-state index >= 15 is 0 Å². The maximum absolute atomic E-state index is 12.5. The molecule has 2 fully saturated rings. The first kappa shape index (κ1) is 15.0. The Morgan fingerprint density at radius 1 is 1.32 bits per heavy atom. The Balaban J connectivity index is 1.83. The van der Waals surface area contributed by atoms with Crippen LogP contribution in [0.4, 0.5) is 0 Å². The Kier molecular flexibility index (Phi) is 3.87. The summed E-state index contributed by atoms with van der Waals surface area (Å²) in [5, 5.41) is 3.11. The second-order valence-corrected chi connectivity index (χ2v) is 6.01. The van der Waals surface area contributed by atoms with Gasteiger partial charge >= 0.3 is 11.9 Å². The summed E-state index contributed by atoms with van der Waals surface area (Å²) in [7, 11) is 0. The largest absolute Gasteiger partial charge is 0.385 e. The summed E-state index contributed by atoms with van der Waals surface area (Å²) in [6.07, 6.45) is 5.98. The topological polar surface area (TPSA) is 85.0 Å². The molecule has 2 heterocycles. The van der Waals surface area contributed by atoms with Gasteiger partial charge < -0.3 is 14.8 Å². The number of rotatable bonds is 5. The quantitative estimate of drug-likeness (QED) is 0.355. The van der Waals surface area contributed by atoms with Gasteiger partial charge in [0, 0.05) is 12.5 Å². The minimum absolute atomic E-state index is 0.0340. The molecular weight excluding hydrogens is 286 g/mol. The van der Waals surface area contributed by atoms with Crippen LogP contribution in [-0.4, -0.2) is 36.0 Å². The van der Waals surface area contributed by atoms with E-state index < -0.39 is 17.5 Å². The van der Waals surface area contributed by atoms with Gasteiger partial charge in [0.25, 0.3) is 0 Å². The third kappa shape index (κ3) is 2.70. The standard InChI is InChI=1S/C16H19NO5/c1-2-12(19)22-15(20)14-13(11(18)8-10-9-21-10)16(17-14)6-4-3-5-7-16/h2,10,17H,1,3-9H2. The van der Waals surface area contributed by atoms with Gasteiger partial charge in [0.1, 0.15) is 5.70 Å². The number of carbonyl (C=O) groups excluding carboxylic acids is 3. The van der Waals surface area contributed by atoms with Gasteiger partial charge in [-0.1, -0.05) is 25.8 Å². The highest BCUT2D eigenvalue weighted by Crippen LogP contribution is 2.43. The number of hydrogen-bond acceptors (Lipinski definition) is 6. The molecule has 6 heteroatoms. The van der Waals surface area contributed by atoms with Gasteiger partial charge in [-0.05, 0) is 12.8 Å². The first-order chi connectivity index (χ1) is 10.6. The zero-order valence-electron chi connectivity index (χ0n) is 12.4. The smallest absolute Gasteiger partial charge is 0.362 e. The normalized spacial score (nSPS) is 25.0. The first-order valence-electron chi connectivity index (χ1n) is 7.62. The highest BCUT2D eigenvalue weighted by molar-refractivity contribution is 6.10. The predicted molar refractivity (Wildman–Crippen MR) is 76.6 cm³/mol. The number of hydrogen-bond donors (Lipinski definition) is 1. The van der Waals surface area contributed by atoms with Crippen molar-refractivity contribution in [3.05, 3.63) is 23.9 Å². The Bertz CT molecular complexity index is 567. The molecule has 0 radical (unpaired) electrons. The molecule has 3 rings (SSSR count). The second-order valence-electron chi connectivity index (χ2n) is 6.01. The monoisotopic (exact) mass is 305 g/mol. The van der Waals surface area contributed by atoms with Crippen molar-refractivity contribution >= 4 is 17.7 Å². The van der Waals surface area contributed by atoms with Crippen LogP contribution in [0.25, 0.3) is 0 Å². The molecule has 1 aliphatic carbocycles. The number of esters is 2. The molecule has 3 aliphatic rings. The second kappa shape index (κ2) is 5.68. The summed E-state index contributed by atoms with van der Waals surface area (Å²) in [4.78, 5) is 35.8. The van der Waals surface area contributed by atoms with Crippen LogP contribution >= 0.6 is 0 Å². The zero-order valence-corrected chi connectivity index (χ0v) is 12.4. The fraction of sp³-hybridized carbons (Fsp3) is 0.562. The van der Waals surface area contributed by atoms with Crippen molar-refractivity contribution in [1.82, 2.24) is 5.32 Å². The Morgan fingerprint density at radius 2 is 2.00 bits per heavy atom. The maximum atomic E-state index is 12.5. The average molecular weight is 305 g/mol. The van der Waals surface area contributed by atoms with E-state index in [1.807, 2.05) is 0 Å². The fourth-order valence-electron chi connectivity index (χ4n) is 3.31. The molecule has 0 amide bonds. The molecule has 6 nitrogen and oxygen atoms in total. The van der Waals surface area contributed by atoms with Crippen LogP contribution in [0.3, 0.4) is 0 Å².